The van der Waals surface area contributed by atoms with Gasteiger partial charge in [0.2, 0.25) is 0 Å². The lowest BCUT2D eigenvalue weighted by atomic mass is 10.0. The van der Waals surface area contributed by atoms with Crippen molar-refractivity contribution in [3.63, 3.8) is 0 Å². The molecule has 212 valence electrons. The normalized spacial score (nSPS) is 11.9. The number of carbonyl (C=O) groups is 3. The summed E-state index contributed by atoms with van der Waals surface area (Å²) in [7, 11) is 0. The summed E-state index contributed by atoms with van der Waals surface area (Å²) in [6.07, 6.45) is 14.7. The lowest BCUT2D eigenvalue weighted by molar-refractivity contribution is -0.279. The van der Waals surface area contributed by atoms with E-state index in [1.54, 1.807) is 0 Å². The summed E-state index contributed by atoms with van der Waals surface area (Å²) in [5, 5.41) is 18.7. The molecule has 0 aliphatic heterocycles. The van der Waals surface area contributed by atoms with E-state index in [-0.39, 0.29) is 18.6 Å². The standard InChI is InChI=1S/C29H54O7/c1-5-25(6-2)35-29(28(33)34,36-26(7-3)8-4)23-19-15-11-13-17-21-24(30)20-16-12-9-10-14-18-22-27(31)32/h25-26H,5-23H2,1-4H3,(H,31,32)(H,33,34). The molecule has 0 aromatic rings. The highest BCUT2D eigenvalue weighted by molar-refractivity contribution is 5.78. The van der Waals surface area contributed by atoms with Crippen molar-refractivity contribution in [2.24, 2.45) is 0 Å². The average molecular weight is 515 g/mol. The predicted molar refractivity (Wildman–Crippen MR) is 143 cm³/mol. The number of hydrogen-bond donors (Lipinski definition) is 2. The van der Waals surface area contributed by atoms with Crippen molar-refractivity contribution >= 4 is 17.7 Å². The summed E-state index contributed by atoms with van der Waals surface area (Å²) >= 11 is 0. The maximum atomic E-state index is 12.3. The fourth-order valence-electron chi connectivity index (χ4n) is 4.44. The summed E-state index contributed by atoms with van der Waals surface area (Å²) in [5.41, 5.74) is 0. The molecule has 0 aliphatic carbocycles. The zero-order chi connectivity index (χ0) is 27.2. The van der Waals surface area contributed by atoms with Crippen LogP contribution in [0.2, 0.25) is 0 Å². The Morgan fingerprint density at radius 1 is 0.583 bits per heavy atom. The zero-order valence-electron chi connectivity index (χ0n) is 23.5. The summed E-state index contributed by atoms with van der Waals surface area (Å²) < 4.78 is 12.2. The van der Waals surface area contributed by atoms with Crippen LogP contribution >= 0.6 is 0 Å². The van der Waals surface area contributed by atoms with Gasteiger partial charge in [0.05, 0.1) is 12.2 Å². The molecular formula is C29H54O7. The van der Waals surface area contributed by atoms with Crippen LogP contribution in [0.5, 0.6) is 0 Å². The third-order valence-corrected chi connectivity index (χ3v) is 6.92. The van der Waals surface area contributed by atoms with Crippen molar-refractivity contribution < 1.29 is 34.1 Å². The van der Waals surface area contributed by atoms with E-state index in [9.17, 15) is 19.5 Å². The van der Waals surface area contributed by atoms with Gasteiger partial charge < -0.3 is 19.7 Å². The Bertz CT molecular complexity index is 568. The second kappa shape index (κ2) is 21.6. The van der Waals surface area contributed by atoms with Crippen LogP contribution in [0, 0.1) is 0 Å². The number of aliphatic carboxylic acids is 2. The molecule has 0 aliphatic rings. The van der Waals surface area contributed by atoms with Crippen LogP contribution in [0.1, 0.15) is 150 Å². The Morgan fingerprint density at radius 3 is 1.31 bits per heavy atom. The number of hydrogen-bond acceptors (Lipinski definition) is 5. The Morgan fingerprint density at radius 2 is 0.944 bits per heavy atom. The Labute approximate surface area is 219 Å². The first-order valence-corrected chi connectivity index (χ1v) is 14.6. The topological polar surface area (TPSA) is 110 Å². The molecule has 7 heteroatoms. The Balaban J connectivity index is 4.22. The predicted octanol–water partition coefficient (Wildman–Crippen LogP) is 7.68. The fourth-order valence-corrected chi connectivity index (χ4v) is 4.44. The van der Waals surface area contributed by atoms with E-state index in [1.807, 2.05) is 27.7 Å². The second-order valence-corrected chi connectivity index (χ2v) is 9.99. The van der Waals surface area contributed by atoms with Crippen molar-refractivity contribution in [3.05, 3.63) is 0 Å². The smallest absolute Gasteiger partial charge is 0.364 e. The highest BCUT2D eigenvalue weighted by atomic mass is 16.7. The Hall–Kier alpha value is -1.47. The van der Waals surface area contributed by atoms with E-state index < -0.39 is 17.7 Å². The third-order valence-electron chi connectivity index (χ3n) is 6.92. The van der Waals surface area contributed by atoms with Gasteiger partial charge in [0.15, 0.2) is 0 Å². The first-order valence-electron chi connectivity index (χ1n) is 14.6. The second-order valence-electron chi connectivity index (χ2n) is 9.99. The monoisotopic (exact) mass is 514 g/mol. The van der Waals surface area contributed by atoms with Gasteiger partial charge in [0, 0.05) is 25.7 Å². The first kappa shape index (κ1) is 34.5. The molecule has 7 nitrogen and oxygen atoms in total. The number of carbonyl (C=O) groups excluding carboxylic acids is 1. The molecular weight excluding hydrogens is 460 g/mol. The van der Waals surface area contributed by atoms with Crippen LogP contribution in [-0.4, -0.2) is 45.9 Å². The van der Waals surface area contributed by atoms with Gasteiger partial charge in [-0.25, -0.2) is 4.79 Å². The minimum absolute atomic E-state index is 0.140. The number of Topliss-reactive ketones (excluding diaryl/α,β-unsaturated/α-hetero) is 1. The van der Waals surface area contributed by atoms with E-state index in [0.29, 0.717) is 31.5 Å². The summed E-state index contributed by atoms with van der Waals surface area (Å²) in [5.74, 6) is -3.03. The van der Waals surface area contributed by atoms with Gasteiger partial charge in [0.1, 0.15) is 5.78 Å². The summed E-state index contributed by atoms with van der Waals surface area (Å²) in [4.78, 5) is 34.9. The maximum absolute atomic E-state index is 12.3. The van der Waals surface area contributed by atoms with Crippen LogP contribution < -0.4 is 0 Å². The molecule has 2 N–H and O–H groups in total. The van der Waals surface area contributed by atoms with E-state index in [1.165, 1.54) is 0 Å². The molecule has 0 radical (unpaired) electrons. The minimum atomic E-state index is -1.58. The molecule has 0 fully saturated rings. The van der Waals surface area contributed by atoms with Gasteiger partial charge >= 0.3 is 11.9 Å². The molecule has 0 saturated carbocycles. The molecule has 0 saturated heterocycles. The van der Waals surface area contributed by atoms with Gasteiger partial charge in [-0.1, -0.05) is 72.6 Å². The van der Waals surface area contributed by atoms with Gasteiger partial charge in [-0.2, -0.15) is 0 Å². The van der Waals surface area contributed by atoms with E-state index in [0.717, 1.165) is 89.9 Å². The van der Waals surface area contributed by atoms with Crippen molar-refractivity contribution in [3.8, 4) is 0 Å². The maximum Gasteiger partial charge on any atom is 0.364 e. The van der Waals surface area contributed by atoms with Gasteiger partial charge in [0.25, 0.3) is 5.79 Å². The van der Waals surface area contributed by atoms with Crippen LogP contribution in [0.25, 0.3) is 0 Å². The highest BCUT2D eigenvalue weighted by Crippen LogP contribution is 2.29. The quantitative estimate of drug-likeness (QED) is 0.0899. The van der Waals surface area contributed by atoms with Gasteiger partial charge in [-0.15, -0.1) is 0 Å². The Kier molecular flexibility index (Phi) is 20.7. The molecule has 36 heavy (non-hydrogen) atoms. The van der Waals surface area contributed by atoms with Crippen LogP contribution in [0.3, 0.4) is 0 Å². The molecule has 0 bridgehead atoms. The molecule has 0 heterocycles. The molecule has 0 aromatic heterocycles. The highest BCUT2D eigenvalue weighted by Gasteiger charge is 2.44. The zero-order valence-corrected chi connectivity index (χ0v) is 23.5. The lowest BCUT2D eigenvalue weighted by Crippen LogP contribution is -2.49. The number of carboxylic acids is 2. The number of carboxylic acid groups (broad SMARTS) is 2. The fraction of sp³-hybridized carbons (Fsp3) is 0.897. The number of rotatable bonds is 26. The molecule has 0 unspecified atom stereocenters. The van der Waals surface area contributed by atoms with Gasteiger partial charge in [-0.05, 0) is 51.4 Å². The molecule has 0 aromatic carbocycles. The lowest BCUT2D eigenvalue weighted by Gasteiger charge is -2.36. The largest absolute Gasteiger partial charge is 0.481 e. The van der Waals surface area contributed by atoms with Crippen molar-refractivity contribution in [2.75, 3.05) is 0 Å². The van der Waals surface area contributed by atoms with Crippen LogP contribution in [-0.2, 0) is 23.9 Å². The molecule has 0 amide bonds. The van der Waals surface area contributed by atoms with E-state index in [2.05, 4.69) is 0 Å². The SMILES string of the molecule is CCC(CC)OC(CCCCCCCC(=O)CCCCCCCCC(=O)O)(OC(CC)CC)C(=O)O. The van der Waals surface area contributed by atoms with E-state index >= 15 is 0 Å². The van der Waals surface area contributed by atoms with Crippen LogP contribution in [0.15, 0.2) is 0 Å². The first-order chi connectivity index (χ1) is 17.2. The van der Waals surface area contributed by atoms with Crippen molar-refractivity contribution in [2.45, 2.75) is 168 Å². The van der Waals surface area contributed by atoms with Crippen molar-refractivity contribution in [1.82, 2.24) is 0 Å². The molecule has 0 spiro atoms. The minimum Gasteiger partial charge on any atom is -0.481 e. The molecule has 0 atom stereocenters. The third kappa shape index (κ3) is 16.3. The average Bonchev–Trinajstić information content (AvgIpc) is 2.85. The number of unbranched alkanes of at least 4 members (excludes halogenated alkanes) is 9. The van der Waals surface area contributed by atoms with Crippen LogP contribution in [0.4, 0.5) is 0 Å². The van der Waals surface area contributed by atoms with Gasteiger partial charge in [-0.3, -0.25) is 9.59 Å². The summed E-state index contributed by atoms with van der Waals surface area (Å²) in [6.45, 7) is 8.02. The molecule has 0 rings (SSSR count). The number of ether oxygens (including phenoxy) is 2. The number of ketones is 1. The van der Waals surface area contributed by atoms with Crippen molar-refractivity contribution in [1.29, 1.82) is 0 Å². The van der Waals surface area contributed by atoms with E-state index in [4.69, 9.17) is 14.6 Å². The summed E-state index contributed by atoms with van der Waals surface area (Å²) in [6, 6.07) is 0.